The van der Waals surface area contributed by atoms with Gasteiger partial charge in [-0.3, -0.25) is 9.78 Å². The van der Waals surface area contributed by atoms with Crippen LogP contribution < -0.4 is 4.74 Å². The van der Waals surface area contributed by atoms with Crippen LogP contribution in [-0.4, -0.2) is 23.2 Å². The SMILES string of the molecule is COc1cccnc1C1CCCC1C(=O)O. The number of pyridine rings is 1. The van der Waals surface area contributed by atoms with Crippen molar-refractivity contribution in [1.82, 2.24) is 4.98 Å². The van der Waals surface area contributed by atoms with E-state index >= 15 is 0 Å². The maximum Gasteiger partial charge on any atom is 0.307 e. The van der Waals surface area contributed by atoms with Crippen LogP contribution in [0.3, 0.4) is 0 Å². The van der Waals surface area contributed by atoms with Gasteiger partial charge in [0, 0.05) is 12.1 Å². The van der Waals surface area contributed by atoms with Crippen LogP contribution in [0, 0.1) is 5.92 Å². The van der Waals surface area contributed by atoms with Crippen LogP contribution in [0.1, 0.15) is 30.9 Å². The summed E-state index contributed by atoms with van der Waals surface area (Å²) in [6, 6.07) is 3.63. The summed E-state index contributed by atoms with van der Waals surface area (Å²) in [5.74, 6) is -0.353. The first-order valence-electron chi connectivity index (χ1n) is 5.45. The van der Waals surface area contributed by atoms with E-state index in [9.17, 15) is 4.79 Å². The molecular weight excluding hydrogens is 206 g/mol. The smallest absolute Gasteiger partial charge is 0.307 e. The molecule has 2 atom stereocenters. The van der Waals surface area contributed by atoms with Gasteiger partial charge in [-0.2, -0.15) is 0 Å². The number of carboxylic acids is 1. The van der Waals surface area contributed by atoms with E-state index in [2.05, 4.69) is 4.98 Å². The molecule has 1 aliphatic carbocycles. The molecule has 16 heavy (non-hydrogen) atoms. The highest BCUT2D eigenvalue weighted by Gasteiger charge is 2.36. The summed E-state index contributed by atoms with van der Waals surface area (Å²) in [5.41, 5.74) is 0.787. The fourth-order valence-electron chi connectivity index (χ4n) is 2.44. The number of hydrogen-bond donors (Lipinski definition) is 1. The van der Waals surface area contributed by atoms with Crippen LogP contribution in [0.15, 0.2) is 18.3 Å². The largest absolute Gasteiger partial charge is 0.495 e. The van der Waals surface area contributed by atoms with Gasteiger partial charge >= 0.3 is 5.97 Å². The topological polar surface area (TPSA) is 59.4 Å². The Hall–Kier alpha value is -1.58. The first kappa shape index (κ1) is 10.9. The maximum absolute atomic E-state index is 11.1. The van der Waals surface area contributed by atoms with Crippen molar-refractivity contribution in [2.75, 3.05) is 7.11 Å². The molecule has 1 aromatic rings. The molecule has 4 nitrogen and oxygen atoms in total. The summed E-state index contributed by atoms with van der Waals surface area (Å²) in [5, 5.41) is 9.14. The lowest BCUT2D eigenvalue weighted by Gasteiger charge is -2.17. The number of methoxy groups -OCH3 is 1. The van der Waals surface area contributed by atoms with Crippen molar-refractivity contribution in [2.24, 2.45) is 5.92 Å². The zero-order valence-electron chi connectivity index (χ0n) is 9.22. The molecule has 2 unspecified atom stereocenters. The lowest BCUT2D eigenvalue weighted by atomic mass is 9.92. The predicted octanol–water partition coefficient (Wildman–Crippen LogP) is 2.06. The molecule has 4 heteroatoms. The maximum atomic E-state index is 11.1. The highest BCUT2D eigenvalue weighted by atomic mass is 16.5. The third-order valence-electron chi connectivity index (χ3n) is 3.20. The van der Waals surface area contributed by atoms with Gasteiger partial charge in [-0.25, -0.2) is 0 Å². The molecule has 0 spiro atoms. The second kappa shape index (κ2) is 4.51. The fraction of sp³-hybridized carbons (Fsp3) is 0.500. The number of aliphatic carboxylic acids is 1. The van der Waals surface area contributed by atoms with Crippen LogP contribution >= 0.6 is 0 Å². The summed E-state index contributed by atoms with van der Waals surface area (Å²) in [7, 11) is 1.59. The van der Waals surface area contributed by atoms with Gasteiger partial charge in [-0.15, -0.1) is 0 Å². The Kier molecular flexibility index (Phi) is 3.08. The van der Waals surface area contributed by atoms with Gasteiger partial charge < -0.3 is 9.84 Å². The van der Waals surface area contributed by atoms with Crippen LogP contribution in [0.4, 0.5) is 0 Å². The summed E-state index contributed by atoms with van der Waals surface area (Å²) in [6.45, 7) is 0. The Morgan fingerprint density at radius 3 is 3.06 bits per heavy atom. The van der Waals surface area contributed by atoms with Crippen molar-refractivity contribution in [3.8, 4) is 5.75 Å². The van der Waals surface area contributed by atoms with Gasteiger partial charge in [0.1, 0.15) is 5.75 Å². The van der Waals surface area contributed by atoms with Crippen LogP contribution in [0.5, 0.6) is 5.75 Å². The molecule has 0 aliphatic heterocycles. The fourth-order valence-corrected chi connectivity index (χ4v) is 2.44. The second-order valence-corrected chi connectivity index (χ2v) is 4.07. The number of rotatable bonds is 3. The molecule has 2 rings (SSSR count). The molecule has 0 aromatic carbocycles. The van der Waals surface area contributed by atoms with Crippen molar-refractivity contribution in [3.05, 3.63) is 24.0 Å². The van der Waals surface area contributed by atoms with E-state index in [1.54, 1.807) is 19.4 Å². The molecule has 1 saturated carbocycles. The van der Waals surface area contributed by atoms with Crippen LogP contribution in [0.25, 0.3) is 0 Å². The average Bonchev–Trinajstić information content (AvgIpc) is 2.77. The van der Waals surface area contributed by atoms with Gasteiger partial charge in [0.2, 0.25) is 0 Å². The number of carboxylic acid groups (broad SMARTS) is 1. The average molecular weight is 221 g/mol. The van der Waals surface area contributed by atoms with Gasteiger partial charge in [-0.1, -0.05) is 6.42 Å². The standard InChI is InChI=1S/C12H15NO3/c1-16-10-6-3-7-13-11(10)8-4-2-5-9(8)12(14)15/h3,6-9H,2,4-5H2,1H3,(H,14,15). The summed E-state index contributed by atoms with van der Waals surface area (Å²) < 4.78 is 5.23. The zero-order chi connectivity index (χ0) is 11.5. The third kappa shape index (κ3) is 1.87. The number of ether oxygens (including phenoxy) is 1. The van der Waals surface area contributed by atoms with Crippen molar-refractivity contribution in [3.63, 3.8) is 0 Å². The van der Waals surface area contributed by atoms with E-state index in [1.165, 1.54) is 0 Å². The summed E-state index contributed by atoms with van der Waals surface area (Å²) in [4.78, 5) is 15.4. The number of aromatic nitrogens is 1. The summed E-state index contributed by atoms with van der Waals surface area (Å²) >= 11 is 0. The minimum atomic E-state index is -0.727. The second-order valence-electron chi connectivity index (χ2n) is 4.07. The first-order valence-corrected chi connectivity index (χ1v) is 5.45. The molecule has 1 fully saturated rings. The normalized spacial score (nSPS) is 24.3. The number of hydrogen-bond acceptors (Lipinski definition) is 3. The molecule has 0 saturated heterocycles. The Morgan fingerprint density at radius 1 is 1.56 bits per heavy atom. The number of nitrogens with zero attached hydrogens (tertiary/aromatic N) is 1. The number of carbonyl (C=O) groups is 1. The van der Waals surface area contributed by atoms with Crippen molar-refractivity contribution in [1.29, 1.82) is 0 Å². The molecule has 0 bridgehead atoms. The van der Waals surface area contributed by atoms with Crippen molar-refractivity contribution in [2.45, 2.75) is 25.2 Å². The van der Waals surface area contributed by atoms with Gasteiger partial charge in [-0.05, 0) is 25.0 Å². The molecule has 0 radical (unpaired) electrons. The monoisotopic (exact) mass is 221 g/mol. The minimum absolute atomic E-state index is 0.00588. The van der Waals surface area contributed by atoms with E-state index in [0.717, 1.165) is 25.0 Å². The molecule has 1 aromatic heterocycles. The highest BCUT2D eigenvalue weighted by Crippen LogP contribution is 2.41. The Balaban J connectivity index is 2.32. The first-order chi connectivity index (χ1) is 7.74. The van der Waals surface area contributed by atoms with E-state index in [-0.39, 0.29) is 11.8 Å². The van der Waals surface area contributed by atoms with E-state index in [0.29, 0.717) is 5.75 Å². The third-order valence-corrected chi connectivity index (χ3v) is 3.20. The Bertz CT molecular complexity index is 392. The Labute approximate surface area is 94.3 Å². The van der Waals surface area contributed by atoms with Gasteiger partial charge in [0.25, 0.3) is 0 Å². The van der Waals surface area contributed by atoms with E-state index in [1.807, 2.05) is 6.07 Å². The Morgan fingerprint density at radius 2 is 2.38 bits per heavy atom. The lowest BCUT2D eigenvalue weighted by Crippen LogP contribution is -2.18. The molecule has 1 aliphatic rings. The van der Waals surface area contributed by atoms with Crippen molar-refractivity contribution < 1.29 is 14.6 Å². The molecule has 1 N–H and O–H groups in total. The summed E-state index contributed by atoms with van der Waals surface area (Å²) in [6.07, 6.45) is 4.25. The molecule has 86 valence electrons. The predicted molar refractivity (Wildman–Crippen MR) is 58.5 cm³/mol. The highest BCUT2D eigenvalue weighted by molar-refractivity contribution is 5.72. The van der Waals surface area contributed by atoms with Crippen LogP contribution in [0.2, 0.25) is 0 Å². The minimum Gasteiger partial charge on any atom is -0.495 e. The molecule has 0 amide bonds. The van der Waals surface area contributed by atoms with E-state index in [4.69, 9.17) is 9.84 Å². The zero-order valence-corrected chi connectivity index (χ0v) is 9.22. The van der Waals surface area contributed by atoms with Gasteiger partial charge in [0.15, 0.2) is 0 Å². The van der Waals surface area contributed by atoms with Crippen molar-refractivity contribution >= 4 is 5.97 Å². The molecule has 1 heterocycles. The molecular formula is C12H15NO3. The quantitative estimate of drug-likeness (QED) is 0.848. The lowest BCUT2D eigenvalue weighted by molar-refractivity contribution is -0.142. The van der Waals surface area contributed by atoms with Crippen LogP contribution in [-0.2, 0) is 4.79 Å². The van der Waals surface area contributed by atoms with Gasteiger partial charge in [0.05, 0.1) is 18.7 Å². The van der Waals surface area contributed by atoms with E-state index < -0.39 is 5.97 Å².